The summed E-state index contributed by atoms with van der Waals surface area (Å²) < 4.78 is 0. The molecule has 0 saturated heterocycles. The van der Waals surface area contributed by atoms with Gasteiger partial charge in [-0.25, -0.2) is 0 Å². The van der Waals surface area contributed by atoms with Crippen LogP contribution in [-0.4, -0.2) is 35.7 Å². The van der Waals surface area contributed by atoms with Crippen molar-refractivity contribution in [3.63, 3.8) is 0 Å². The van der Waals surface area contributed by atoms with Crippen molar-refractivity contribution in [3.8, 4) is 0 Å². The van der Waals surface area contributed by atoms with Crippen LogP contribution in [0.1, 0.15) is 32.4 Å². The zero-order chi connectivity index (χ0) is 18.3. The molecule has 1 N–H and O–H groups in total. The van der Waals surface area contributed by atoms with E-state index >= 15 is 0 Å². The molecule has 130 valence electrons. The Morgan fingerprint density at radius 1 is 1.04 bits per heavy atom. The van der Waals surface area contributed by atoms with Crippen molar-refractivity contribution in [1.29, 1.82) is 0 Å². The van der Waals surface area contributed by atoms with Gasteiger partial charge in [0.25, 0.3) is 11.8 Å². The number of nitrogens with zero attached hydrogens (tertiary/aromatic N) is 2. The molecule has 2 aromatic carbocycles. The molecule has 0 spiro atoms. The zero-order valence-electron chi connectivity index (χ0n) is 14.0. The van der Waals surface area contributed by atoms with Crippen molar-refractivity contribution in [2.24, 2.45) is 0 Å². The average Bonchev–Trinajstić information content (AvgIpc) is 2.96. The number of fused-ring (bicyclic) bond motifs is 5. The van der Waals surface area contributed by atoms with Crippen molar-refractivity contribution in [3.05, 3.63) is 77.9 Å². The number of para-hydroxylation sites is 1. The molecule has 1 unspecified atom stereocenters. The first kappa shape index (κ1) is 16.1. The van der Waals surface area contributed by atoms with Gasteiger partial charge in [-0.15, -0.1) is 6.58 Å². The maximum Gasteiger partial charge on any atom is 0.260 e. The van der Waals surface area contributed by atoms with Gasteiger partial charge < -0.3 is 10.2 Å². The van der Waals surface area contributed by atoms with Crippen LogP contribution in [-0.2, 0) is 4.79 Å². The van der Waals surface area contributed by atoms with Crippen molar-refractivity contribution in [2.45, 2.75) is 6.17 Å². The van der Waals surface area contributed by atoms with Crippen LogP contribution in [0, 0.1) is 0 Å². The molecule has 6 nitrogen and oxygen atoms in total. The lowest BCUT2D eigenvalue weighted by Crippen LogP contribution is -2.51. The molecule has 0 saturated carbocycles. The van der Waals surface area contributed by atoms with E-state index in [4.69, 9.17) is 0 Å². The normalized spacial score (nSPS) is 17.5. The number of amides is 3. The minimum Gasteiger partial charge on any atom is -0.351 e. The second-order valence-electron chi connectivity index (χ2n) is 6.18. The molecule has 4 rings (SSSR count). The molecule has 1 atom stereocenters. The highest BCUT2D eigenvalue weighted by Crippen LogP contribution is 2.44. The molecule has 2 aliphatic rings. The van der Waals surface area contributed by atoms with Crippen LogP contribution in [0.25, 0.3) is 0 Å². The fraction of sp³-hybridized carbons (Fsp3) is 0.150. The maximum absolute atomic E-state index is 13.1. The van der Waals surface area contributed by atoms with E-state index in [0.29, 0.717) is 23.4 Å². The molecular weight excluding hydrogens is 330 g/mol. The highest BCUT2D eigenvalue weighted by Gasteiger charge is 2.47. The predicted octanol–water partition coefficient (Wildman–Crippen LogP) is 2.10. The molecule has 0 bridgehead atoms. The van der Waals surface area contributed by atoms with Gasteiger partial charge in [-0.05, 0) is 18.2 Å². The van der Waals surface area contributed by atoms with E-state index < -0.39 is 6.17 Å². The van der Waals surface area contributed by atoms with Crippen LogP contribution in [0.3, 0.4) is 0 Å². The second kappa shape index (κ2) is 6.15. The van der Waals surface area contributed by atoms with Crippen molar-refractivity contribution >= 4 is 23.4 Å². The van der Waals surface area contributed by atoms with Crippen molar-refractivity contribution < 1.29 is 14.4 Å². The predicted molar refractivity (Wildman–Crippen MR) is 96.7 cm³/mol. The largest absolute Gasteiger partial charge is 0.351 e. The quantitative estimate of drug-likeness (QED) is 0.861. The van der Waals surface area contributed by atoms with Crippen LogP contribution >= 0.6 is 0 Å². The number of hydrogen-bond acceptors (Lipinski definition) is 3. The highest BCUT2D eigenvalue weighted by molar-refractivity contribution is 6.17. The molecule has 2 aliphatic heterocycles. The Morgan fingerprint density at radius 3 is 2.50 bits per heavy atom. The first-order chi connectivity index (χ1) is 12.6. The van der Waals surface area contributed by atoms with E-state index in [-0.39, 0.29) is 24.3 Å². The smallest absolute Gasteiger partial charge is 0.260 e. The molecule has 2 heterocycles. The summed E-state index contributed by atoms with van der Waals surface area (Å²) in [6.45, 7) is 3.75. The fourth-order valence-corrected chi connectivity index (χ4v) is 3.53. The van der Waals surface area contributed by atoms with E-state index in [1.54, 1.807) is 47.4 Å². The molecule has 26 heavy (non-hydrogen) atoms. The van der Waals surface area contributed by atoms with Crippen LogP contribution in [0.15, 0.2) is 61.2 Å². The van der Waals surface area contributed by atoms with E-state index in [2.05, 4.69) is 11.9 Å². The standard InChI is InChI=1S/C20H17N3O3/c1-2-11-21-17(24)12-22-18-13-7-3-4-8-14(13)20(26)23(18)16-10-6-5-9-15(16)19(22)25/h2-10,18H,1,11-12H2,(H,21,24). The molecule has 6 heteroatoms. The summed E-state index contributed by atoms with van der Waals surface area (Å²) in [5, 5.41) is 2.68. The Bertz CT molecular complexity index is 937. The summed E-state index contributed by atoms with van der Waals surface area (Å²) in [6.07, 6.45) is 0.960. The van der Waals surface area contributed by atoms with Crippen molar-refractivity contribution in [2.75, 3.05) is 18.0 Å². The third-order valence-corrected chi connectivity index (χ3v) is 4.64. The highest BCUT2D eigenvalue weighted by atomic mass is 16.2. The third kappa shape index (κ3) is 2.30. The lowest BCUT2D eigenvalue weighted by atomic mass is 10.0. The van der Waals surface area contributed by atoms with Gasteiger partial charge in [0.1, 0.15) is 12.7 Å². The fourth-order valence-electron chi connectivity index (χ4n) is 3.53. The van der Waals surface area contributed by atoms with Crippen LogP contribution in [0.4, 0.5) is 5.69 Å². The lowest BCUT2D eigenvalue weighted by molar-refractivity contribution is -0.122. The minimum atomic E-state index is -0.615. The molecule has 0 radical (unpaired) electrons. The Hall–Kier alpha value is -3.41. The molecule has 3 amide bonds. The first-order valence-electron chi connectivity index (χ1n) is 8.33. The summed E-state index contributed by atoms with van der Waals surface area (Å²) in [5.74, 6) is -0.725. The number of hydrogen-bond donors (Lipinski definition) is 1. The van der Waals surface area contributed by atoms with Crippen LogP contribution in [0.5, 0.6) is 0 Å². The first-order valence-corrected chi connectivity index (χ1v) is 8.33. The van der Waals surface area contributed by atoms with E-state index in [0.717, 1.165) is 5.56 Å². The SMILES string of the molecule is C=CCNC(=O)CN1C(=O)c2ccccc2N2C(=O)c3ccccc3C12. The monoisotopic (exact) mass is 347 g/mol. The molecule has 2 aromatic rings. The number of carbonyl (C=O) groups is 3. The summed E-state index contributed by atoms with van der Waals surface area (Å²) in [7, 11) is 0. The van der Waals surface area contributed by atoms with Gasteiger partial charge in [-0.1, -0.05) is 36.4 Å². The number of nitrogens with one attached hydrogen (secondary N) is 1. The van der Waals surface area contributed by atoms with Gasteiger partial charge >= 0.3 is 0 Å². The zero-order valence-corrected chi connectivity index (χ0v) is 14.0. The summed E-state index contributed by atoms with van der Waals surface area (Å²) in [4.78, 5) is 41.4. The molecule has 0 fully saturated rings. The van der Waals surface area contributed by atoms with Gasteiger partial charge in [0.15, 0.2) is 0 Å². The van der Waals surface area contributed by atoms with E-state index in [1.807, 2.05) is 12.1 Å². The number of anilines is 1. The Labute approximate surface area is 150 Å². The molecule has 0 aliphatic carbocycles. The lowest BCUT2D eigenvalue weighted by Gasteiger charge is -2.40. The van der Waals surface area contributed by atoms with E-state index in [9.17, 15) is 14.4 Å². The van der Waals surface area contributed by atoms with Gasteiger partial charge in [-0.2, -0.15) is 0 Å². The van der Waals surface area contributed by atoms with Gasteiger partial charge in [0.05, 0.1) is 11.3 Å². The topological polar surface area (TPSA) is 69.7 Å². The number of benzene rings is 2. The van der Waals surface area contributed by atoms with Gasteiger partial charge in [-0.3, -0.25) is 19.3 Å². The summed E-state index contributed by atoms with van der Waals surface area (Å²) >= 11 is 0. The number of carbonyl (C=O) groups excluding carboxylic acids is 3. The Kier molecular flexibility index (Phi) is 3.80. The second-order valence-corrected chi connectivity index (χ2v) is 6.18. The Balaban J connectivity index is 1.82. The summed E-state index contributed by atoms with van der Waals surface area (Å²) in [6, 6.07) is 14.2. The summed E-state index contributed by atoms with van der Waals surface area (Å²) in [5.41, 5.74) is 2.28. The molecular formula is C20H17N3O3. The maximum atomic E-state index is 13.1. The van der Waals surface area contributed by atoms with Crippen LogP contribution in [0.2, 0.25) is 0 Å². The van der Waals surface area contributed by atoms with Gasteiger partial charge in [0.2, 0.25) is 5.91 Å². The van der Waals surface area contributed by atoms with Crippen molar-refractivity contribution in [1.82, 2.24) is 10.2 Å². The Morgan fingerprint density at radius 2 is 1.73 bits per heavy atom. The van der Waals surface area contributed by atoms with Gasteiger partial charge in [0, 0.05) is 17.7 Å². The average molecular weight is 347 g/mol. The van der Waals surface area contributed by atoms with Crippen LogP contribution < -0.4 is 10.2 Å². The third-order valence-electron chi connectivity index (χ3n) is 4.64. The molecule has 0 aromatic heterocycles. The minimum absolute atomic E-state index is 0.135. The number of rotatable bonds is 4. The van der Waals surface area contributed by atoms with E-state index in [1.165, 1.54) is 4.90 Å².